The van der Waals surface area contributed by atoms with Gasteiger partial charge in [-0.2, -0.15) is 0 Å². The number of rotatable bonds is 4. The number of nitrogens with two attached hydrogens (primary N) is 2. The molecule has 0 amide bonds. The van der Waals surface area contributed by atoms with Crippen molar-refractivity contribution in [2.75, 3.05) is 24.7 Å². The third-order valence-electron chi connectivity index (χ3n) is 6.24. The fourth-order valence-corrected chi connectivity index (χ4v) is 6.04. The van der Waals surface area contributed by atoms with Crippen LogP contribution < -0.4 is 10.3 Å². The Morgan fingerprint density at radius 3 is 1.27 bits per heavy atom. The monoisotopic (exact) mass is 410 g/mol. The van der Waals surface area contributed by atoms with Gasteiger partial charge in [-0.1, -0.05) is 12.8 Å². The highest BCUT2D eigenvalue weighted by Crippen LogP contribution is 2.50. The minimum absolute atomic E-state index is 0.0191. The lowest BCUT2D eigenvalue weighted by molar-refractivity contribution is 0.0750. The predicted molar refractivity (Wildman–Crippen MR) is 97.2 cm³/mol. The second-order valence-corrected chi connectivity index (χ2v) is 12.0. The Morgan fingerprint density at radius 2 is 1.08 bits per heavy atom. The molecule has 152 valence electrons. The molecule has 4 rings (SSSR count). The molecule has 2 saturated heterocycles. The third kappa shape index (κ3) is 5.39. The molecule has 26 heavy (non-hydrogen) atoms. The molecule has 2 aliphatic carbocycles. The maximum Gasteiger partial charge on any atom is 0.211 e. The molecule has 2 spiro atoms. The molecule has 2 atom stereocenters. The van der Waals surface area contributed by atoms with Gasteiger partial charge in [-0.15, -0.1) is 0 Å². The maximum absolute atomic E-state index is 10.8. The van der Waals surface area contributed by atoms with Crippen LogP contribution in [0, 0.1) is 10.8 Å². The van der Waals surface area contributed by atoms with Gasteiger partial charge in [0.2, 0.25) is 20.0 Å². The average molecular weight is 411 g/mol. The van der Waals surface area contributed by atoms with E-state index in [1.165, 1.54) is 38.5 Å². The fourth-order valence-electron chi connectivity index (χ4n) is 4.57. The number of primary sulfonamides is 2. The lowest BCUT2D eigenvalue weighted by atomic mass is 9.68. The lowest BCUT2D eigenvalue weighted by Gasteiger charge is -2.36. The van der Waals surface area contributed by atoms with Crippen molar-refractivity contribution in [2.24, 2.45) is 21.1 Å². The van der Waals surface area contributed by atoms with Gasteiger partial charge in [-0.3, -0.25) is 0 Å². The van der Waals surface area contributed by atoms with Crippen molar-refractivity contribution in [3.8, 4) is 0 Å². The maximum atomic E-state index is 10.8. The summed E-state index contributed by atoms with van der Waals surface area (Å²) in [5, 5.41) is 9.91. The summed E-state index contributed by atoms with van der Waals surface area (Å²) in [4.78, 5) is 0. The van der Waals surface area contributed by atoms with Crippen LogP contribution in [0.3, 0.4) is 0 Å². The Kier molecular flexibility index (Phi) is 5.74. The molecular formula is C16H30N2O6S2. The van der Waals surface area contributed by atoms with E-state index < -0.39 is 20.0 Å². The van der Waals surface area contributed by atoms with Gasteiger partial charge in [-0.05, 0) is 49.4 Å². The second kappa shape index (κ2) is 7.29. The molecule has 0 aromatic carbocycles. The first-order valence-corrected chi connectivity index (χ1v) is 12.7. The Morgan fingerprint density at radius 1 is 0.731 bits per heavy atom. The fraction of sp³-hybridized carbons (Fsp3) is 1.00. The summed E-state index contributed by atoms with van der Waals surface area (Å²) in [7, 11) is -6.73. The van der Waals surface area contributed by atoms with E-state index in [9.17, 15) is 16.8 Å². The average Bonchev–Trinajstić information content (AvgIpc) is 2.99. The molecule has 10 heteroatoms. The summed E-state index contributed by atoms with van der Waals surface area (Å²) in [6.45, 7) is 1.46. The van der Waals surface area contributed by atoms with Gasteiger partial charge in [0.25, 0.3) is 0 Å². The first kappa shape index (κ1) is 20.5. The Balaban J connectivity index is 0.000000151. The topological polar surface area (TPSA) is 139 Å². The van der Waals surface area contributed by atoms with Crippen molar-refractivity contribution in [3.63, 3.8) is 0 Å². The van der Waals surface area contributed by atoms with Gasteiger partial charge in [-0.25, -0.2) is 27.1 Å². The van der Waals surface area contributed by atoms with Gasteiger partial charge in [0.15, 0.2) is 0 Å². The molecule has 2 heterocycles. The largest absolute Gasteiger partial charge is 0.377 e. The zero-order valence-corrected chi connectivity index (χ0v) is 16.7. The highest BCUT2D eigenvalue weighted by Gasteiger charge is 2.46. The molecule has 4 N–H and O–H groups in total. The number of hydrogen-bond acceptors (Lipinski definition) is 6. The minimum Gasteiger partial charge on any atom is -0.377 e. The molecule has 4 fully saturated rings. The minimum atomic E-state index is -3.37. The van der Waals surface area contributed by atoms with Gasteiger partial charge < -0.3 is 9.47 Å². The summed E-state index contributed by atoms with van der Waals surface area (Å²) in [6.07, 6.45) is 8.71. The van der Waals surface area contributed by atoms with Crippen LogP contribution >= 0.6 is 0 Å². The van der Waals surface area contributed by atoms with E-state index in [0.29, 0.717) is 10.8 Å². The van der Waals surface area contributed by atoms with Crippen LogP contribution in [0.5, 0.6) is 0 Å². The van der Waals surface area contributed by atoms with Gasteiger partial charge in [0.05, 0.1) is 36.9 Å². The van der Waals surface area contributed by atoms with Crippen LogP contribution in [-0.2, 0) is 29.5 Å². The third-order valence-corrected chi connectivity index (χ3v) is 7.91. The van der Waals surface area contributed by atoms with E-state index in [4.69, 9.17) is 19.8 Å². The highest BCUT2D eigenvalue weighted by molar-refractivity contribution is 7.89. The smallest absolute Gasteiger partial charge is 0.211 e. The summed E-state index contributed by atoms with van der Waals surface area (Å²) in [5.41, 5.74) is 0.630. The van der Waals surface area contributed by atoms with Crippen molar-refractivity contribution in [3.05, 3.63) is 0 Å². The van der Waals surface area contributed by atoms with Crippen molar-refractivity contribution in [1.82, 2.24) is 0 Å². The SMILES string of the molecule is NS(=O)(=O)CC1CC2(CCC2)CO1.NS(=O)(=O)CC1CC2(CCC2)CO1. The molecule has 0 aromatic heterocycles. The van der Waals surface area contributed by atoms with E-state index in [1.54, 1.807) is 0 Å². The van der Waals surface area contributed by atoms with Crippen LogP contribution in [0.1, 0.15) is 51.4 Å². The van der Waals surface area contributed by atoms with Gasteiger partial charge >= 0.3 is 0 Å². The second-order valence-electron chi connectivity index (χ2n) is 8.64. The van der Waals surface area contributed by atoms with E-state index >= 15 is 0 Å². The van der Waals surface area contributed by atoms with Crippen LogP contribution in [0.15, 0.2) is 0 Å². The zero-order chi connectivity index (χ0) is 19.1. The van der Waals surface area contributed by atoms with Crippen molar-refractivity contribution >= 4 is 20.0 Å². The van der Waals surface area contributed by atoms with E-state index in [1.807, 2.05) is 0 Å². The highest BCUT2D eigenvalue weighted by atomic mass is 32.2. The molecule has 2 aliphatic heterocycles. The van der Waals surface area contributed by atoms with E-state index in [0.717, 1.165) is 26.1 Å². The molecule has 2 unspecified atom stereocenters. The van der Waals surface area contributed by atoms with E-state index in [-0.39, 0.29) is 23.7 Å². The molecule has 0 aromatic rings. The molecule has 0 bridgehead atoms. The van der Waals surface area contributed by atoms with Gasteiger partial charge in [0.1, 0.15) is 0 Å². The quantitative estimate of drug-likeness (QED) is 0.690. The molecule has 4 aliphatic rings. The summed E-state index contributed by atoms with van der Waals surface area (Å²) >= 11 is 0. The van der Waals surface area contributed by atoms with Crippen LogP contribution in [0.2, 0.25) is 0 Å². The van der Waals surface area contributed by atoms with Crippen LogP contribution in [-0.4, -0.2) is 53.8 Å². The summed E-state index contributed by atoms with van der Waals surface area (Å²) < 4.78 is 54.1. The Hall–Kier alpha value is -0.260. The molecule has 2 saturated carbocycles. The first-order chi connectivity index (χ1) is 12.0. The standard InChI is InChI=1S/2C8H15NO3S/c2*9-13(10,11)5-7-4-8(6-12-7)2-1-3-8/h2*7H,1-6H2,(H2,9,10,11). The summed E-state index contributed by atoms with van der Waals surface area (Å²) in [6, 6.07) is 0. The van der Waals surface area contributed by atoms with Crippen molar-refractivity contribution in [2.45, 2.75) is 63.6 Å². The normalized spacial score (nSPS) is 31.9. The predicted octanol–water partition coefficient (Wildman–Crippen LogP) is 0.468. The summed E-state index contributed by atoms with van der Waals surface area (Å²) in [5.74, 6) is -0.0382. The van der Waals surface area contributed by atoms with E-state index in [2.05, 4.69) is 0 Å². The first-order valence-electron chi connectivity index (χ1n) is 9.23. The van der Waals surface area contributed by atoms with Crippen LogP contribution in [0.4, 0.5) is 0 Å². The Bertz CT molecular complexity index is 651. The number of ether oxygens (including phenoxy) is 2. The Labute approximate surface area is 156 Å². The number of sulfonamides is 2. The zero-order valence-electron chi connectivity index (χ0n) is 15.1. The number of hydrogen-bond donors (Lipinski definition) is 2. The molecule has 0 radical (unpaired) electrons. The van der Waals surface area contributed by atoms with Gasteiger partial charge in [0, 0.05) is 0 Å². The van der Waals surface area contributed by atoms with Crippen molar-refractivity contribution < 1.29 is 26.3 Å². The molecular weight excluding hydrogens is 380 g/mol. The molecule has 8 nitrogen and oxygen atoms in total. The van der Waals surface area contributed by atoms with Crippen molar-refractivity contribution in [1.29, 1.82) is 0 Å². The lowest BCUT2D eigenvalue weighted by Crippen LogP contribution is -2.31. The van der Waals surface area contributed by atoms with Crippen LogP contribution in [0.25, 0.3) is 0 Å².